The highest BCUT2D eigenvalue weighted by Gasteiger charge is 2.20. The van der Waals surface area contributed by atoms with Crippen molar-refractivity contribution in [3.05, 3.63) is 82.8 Å². The molecule has 0 unspecified atom stereocenters. The monoisotopic (exact) mass is 398 g/mol. The Labute approximate surface area is 171 Å². The number of aromatic nitrogens is 6. The maximum absolute atomic E-state index is 13.6. The molecular formula is C22H18N6O2. The third-order valence-electron chi connectivity index (χ3n) is 4.93. The highest BCUT2D eigenvalue weighted by molar-refractivity contribution is 5.94. The smallest absolute Gasteiger partial charge is 0.262 e. The van der Waals surface area contributed by atoms with Gasteiger partial charge in [-0.3, -0.25) is 9.78 Å². The standard InChI is InChI=1S/C22H18N6O2/c1-14-24-22-25-17-10-12-27(13-15-7-5-6-11-23-15)21(29)19(17)20(28(22)26-14)16-8-3-4-9-18(16)30-2/h3-12H,13H2,1-2H3. The van der Waals surface area contributed by atoms with Gasteiger partial charge in [0.2, 0.25) is 0 Å². The van der Waals surface area contributed by atoms with Crippen LogP contribution in [-0.4, -0.2) is 36.2 Å². The second kappa shape index (κ2) is 7.07. The molecule has 1 aromatic carbocycles. The van der Waals surface area contributed by atoms with E-state index >= 15 is 0 Å². The van der Waals surface area contributed by atoms with E-state index in [1.54, 1.807) is 35.5 Å². The van der Waals surface area contributed by atoms with Crippen molar-refractivity contribution in [1.82, 2.24) is 29.1 Å². The lowest BCUT2D eigenvalue weighted by molar-refractivity contribution is 0.416. The highest BCUT2D eigenvalue weighted by Crippen LogP contribution is 2.33. The molecule has 4 heterocycles. The fraction of sp³-hybridized carbons (Fsp3) is 0.136. The summed E-state index contributed by atoms with van der Waals surface area (Å²) < 4.78 is 8.81. The maximum atomic E-state index is 13.6. The van der Waals surface area contributed by atoms with E-state index in [1.807, 2.05) is 48.5 Å². The zero-order chi connectivity index (χ0) is 20.7. The first-order valence-corrected chi connectivity index (χ1v) is 9.45. The normalized spacial score (nSPS) is 11.3. The lowest BCUT2D eigenvalue weighted by Crippen LogP contribution is -2.22. The van der Waals surface area contributed by atoms with Crippen LogP contribution < -0.4 is 10.3 Å². The van der Waals surface area contributed by atoms with E-state index in [0.717, 1.165) is 11.3 Å². The van der Waals surface area contributed by atoms with Crippen molar-refractivity contribution in [2.24, 2.45) is 0 Å². The summed E-state index contributed by atoms with van der Waals surface area (Å²) >= 11 is 0. The molecule has 0 radical (unpaired) electrons. The Bertz CT molecular complexity index is 1440. The minimum atomic E-state index is -0.179. The van der Waals surface area contributed by atoms with E-state index in [2.05, 4.69) is 20.1 Å². The predicted octanol–water partition coefficient (Wildman–Crippen LogP) is 2.87. The molecule has 0 amide bonds. The molecule has 0 bridgehead atoms. The van der Waals surface area contributed by atoms with Crippen LogP contribution in [-0.2, 0) is 6.54 Å². The van der Waals surface area contributed by atoms with Gasteiger partial charge >= 0.3 is 0 Å². The summed E-state index contributed by atoms with van der Waals surface area (Å²) in [6.07, 6.45) is 3.45. The van der Waals surface area contributed by atoms with Gasteiger partial charge in [0.1, 0.15) is 11.6 Å². The molecule has 0 saturated heterocycles. The first kappa shape index (κ1) is 18.0. The number of rotatable bonds is 4. The van der Waals surface area contributed by atoms with Crippen LogP contribution in [0.25, 0.3) is 27.9 Å². The summed E-state index contributed by atoms with van der Waals surface area (Å²) in [6, 6.07) is 15.0. The summed E-state index contributed by atoms with van der Waals surface area (Å²) in [7, 11) is 1.60. The van der Waals surface area contributed by atoms with E-state index in [9.17, 15) is 4.79 Å². The number of pyridine rings is 2. The largest absolute Gasteiger partial charge is 0.496 e. The van der Waals surface area contributed by atoms with Crippen LogP contribution in [0.4, 0.5) is 0 Å². The number of hydrogen-bond acceptors (Lipinski definition) is 6. The van der Waals surface area contributed by atoms with E-state index in [0.29, 0.717) is 40.5 Å². The molecule has 0 fully saturated rings. The Balaban J connectivity index is 1.86. The number of para-hydroxylation sites is 1. The van der Waals surface area contributed by atoms with E-state index < -0.39 is 0 Å². The molecule has 0 aliphatic rings. The van der Waals surface area contributed by atoms with Gasteiger partial charge < -0.3 is 9.30 Å². The van der Waals surface area contributed by atoms with Crippen LogP contribution in [0.3, 0.4) is 0 Å². The second-order valence-electron chi connectivity index (χ2n) is 6.86. The SMILES string of the molecule is COc1ccccc1-c1c2c(=O)n(Cc3ccccn3)ccc2nc2nc(C)nn12. The Morgan fingerprint density at radius 1 is 1.03 bits per heavy atom. The van der Waals surface area contributed by atoms with Gasteiger partial charge in [-0.25, -0.2) is 4.98 Å². The minimum absolute atomic E-state index is 0.179. The molecule has 30 heavy (non-hydrogen) atoms. The predicted molar refractivity (Wildman–Crippen MR) is 113 cm³/mol. The van der Waals surface area contributed by atoms with Gasteiger partial charge in [0.05, 0.1) is 35.9 Å². The van der Waals surface area contributed by atoms with Gasteiger partial charge in [0.15, 0.2) is 0 Å². The quantitative estimate of drug-likeness (QED) is 0.463. The maximum Gasteiger partial charge on any atom is 0.262 e. The summed E-state index contributed by atoms with van der Waals surface area (Å²) in [5, 5.41) is 4.95. The molecule has 148 valence electrons. The van der Waals surface area contributed by atoms with Crippen LogP contribution in [0.2, 0.25) is 0 Å². The molecule has 8 nitrogen and oxygen atoms in total. The Morgan fingerprint density at radius 3 is 2.67 bits per heavy atom. The number of nitrogens with zero attached hydrogens (tertiary/aromatic N) is 6. The Hall–Kier alpha value is -4.07. The molecule has 0 aliphatic heterocycles. The van der Waals surface area contributed by atoms with E-state index in [4.69, 9.17) is 4.74 Å². The Morgan fingerprint density at radius 2 is 1.87 bits per heavy atom. The molecule has 5 aromatic rings. The van der Waals surface area contributed by atoms with Crippen LogP contribution >= 0.6 is 0 Å². The number of aryl methyl sites for hydroxylation is 1. The molecule has 0 aliphatic carbocycles. The molecule has 4 aromatic heterocycles. The van der Waals surface area contributed by atoms with Gasteiger partial charge in [-0.15, -0.1) is 5.10 Å². The number of fused-ring (bicyclic) bond motifs is 2. The third-order valence-corrected chi connectivity index (χ3v) is 4.93. The van der Waals surface area contributed by atoms with Crippen molar-refractivity contribution in [3.63, 3.8) is 0 Å². The Kier molecular flexibility index (Phi) is 4.24. The zero-order valence-corrected chi connectivity index (χ0v) is 16.5. The lowest BCUT2D eigenvalue weighted by Gasteiger charge is -2.13. The summed E-state index contributed by atoms with van der Waals surface area (Å²) in [4.78, 5) is 26.9. The summed E-state index contributed by atoms with van der Waals surface area (Å²) in [5.74, 6) is 1.64. The topological polar surface area (TPSA) is 87.2 Å². The first-order valence-electron chi connectivity index (χ1n) is 9.45. The fourth-order valence-electron chi connectivity index (χ4n) is 3.60. The van der Waals surface area contributed by atoms with Gasteiger partial charge in [0.25, 0.3) is 11.3 Å². The number of hydrogen-bond donors (Lipinski definition) is 0. The van der Waals surface area contributed by atoms with Gasteiger partial charge in [0, 0.05) is 18.0 Å². The molecule has 0 spiro atoms. The van der Waals surface area contributed by atoms with E-state index in [-0.39, 0.29) is 5.56 Å². The average Bonchev–Trinajstić information content (AvgIpc) is 3.14. The molecule has 0 N–H and O–H groups in total. The molecule has 0 atom stereocenters. The summed E-state index contributed by atoms with van der Waals surface area (Å²) in [6.45, 7) is 2.15. The van der Waals surface area contributed by atoms with Crippen LogP contribution in [0.15, 0.2) is 65.7 Å². The molecular weight excluding hydrogens is 380 g/mol. The number of methoxy groups -OCH3 is 1. The van der Waals surface area contributed by atoms with Crippen LogP contribution in [0, 0.1) is 6.92 Å². The fourth-order valence-corrected chi connectivity index (χ4v) is 3.60. The van der Waals surface area contributed by atoms with E-state index in [1.165, 1.54) is 0 Å². The van der Waals surface area contributed by atoms with Crippen LogP contribution in [0.1, 0.15) is 11.5 Å². The molecule has 5 rings (SSSR count). The molecule has 8 heteroatoms. The second-order valence-corrected chi connectivity index (χ2v) is 6.86. The summed E-state index contributed by atoms with van der Waals surface area (Å²) in [5.41, 5.74) is 2.52. The number of ether oxygens (including phenoxy) is 1. The van der Waals surface area contributed by atoms with Gasteiger partial charge in [-0.2, -0.15) is 9.50 Å². The van der Waals surface area contributed by atoms with Crippen molar-refractivity contribution in [2.45, 2.75) is 13.5 Å². The van der Waals surface area contributed by atoms with Crippen molar-refractivity contribution >= 4 is 16.7 Å². The van der Waals surface area contributed by atoms with Crippen molar-refractivity contribution < 1.29 is 4.74 Å². The highest BCUT2D eigenvalue weighted by atomic mass is 16.5. The number of benzene rings is 1. The average molecular weight is 398 g/mol. The molecule has 0 saturated carbocycles. The first-order chi connectivity index (χ1) is 14.7. The lowest BCUT2D eigenvalue weighted by atomic mass is 10.1. The minimum Gasteiger partial charge on any atom is -0.496 e. The van der Waals surface area contributed by atoms with Gasteiger partial charge in [-0.1, -0.05) is 18.2 Å². The zero-order valence-electron chi connectivity index (χ0n) is 16.5. The van der Waals surface area contributed by atoms with Crippen molar-refractivity contribution in [1.29, 1.82) is 0 Å². The van der Waals surface area contributed by atoms with Crippen LogP contribution in [0.5, 0.6) is 5.75 Å². The third kappa shape index (κ3) is 2.89. The van der Waals surface area contributed by atoms with Crippen molar-refractivity contribution in [3.8, 4) is 17.0 Å². The van der Waals surface area contributed by atoms with Crippen molar-refractivity contribution in [2.75, 3.05) is 7.11 Å². The van der Waals surface area contributed by atoms with Gasteiger partial charge in [-0.05, 0) is 37.3 Å².